The molecule has 1 heterocycles. The van der Waals surface area contributed by atoms with Crippen LogP contribution < -0.4 is 5.32 Å². The molecule has 1 aromatic carbocycles. The summed E-state index contributed by atoms with van der Waals surface area (Å²) in [5.41, 5.74) is 0.652. The molecule has 0 aromatic heterocycles. The van der Waals surface area contributed by atoms with Crippen molar-refractivity contribution >= 4 is 11.4 Å². The van der Waals surface area contributed by atoms with E-state index in [-0.39, 0.29) is 10.6 Å². The molecule has 0 aliphatic carbocycles. The normalized spacial score (nSPS) is 17.3. The molecule has 1 fully saturated rings. The minimum absolute atomic E-state index is 0.0841. The Morgan fingerprint density at radius 1 is 1.42 bits per heavy atom. The van der Waals surface area contributed by atoms with Crippen LogP contribution >= 0.6 is 0 Å². The van der Waals surface area contributed by atoms with E-state index in [1.165, 1.54) is 6.07 Å². The van der Waals surface area contributed by atoms with Gasteiger partial charge in [-0.25, -0.2) is 0 Å². The Bertz CT molecular complexity index is 430. The maximum Gasteiger partial charge on any atom is 0.292 e. The van der Waals surface area contributed by atoms with Gasteiger partial charge in [0, 0.05) is 45.3 Å². The third-order valence-electron chi connectivity index (χ3n) is 3.38. The molecule has 0 atom stereocenters. The van der Waals surface area contributed by atoms with E-state index in [0.29, 0.717) is 12.2 Å². The second-order valence-electron chi connectivity index (χ2n) is 4.77. The fourth-order valence-corrected chi connectivity index (χ4v) is 2.14. The fourth-order valence-electron chi connectivity index (χ4n) is 2.14. The Morgan fingerprint density at radius 2 is 2.16 bits per heavy atom. The van der Waals surface area contributed by atoms with Gasteiger partial charge >= 0.3 is 0 Å². The molecule has 1 saturated heterocycles. The highest BCUT2D eigenvalue weighted by Gasteiger charge is 2.14. The van der Waals surface area contributed by atoms with E-state index in [9.17, 15) is 10.1 Å². The SMILES string of the molecule is CN1CCN(CCNc2cc[c]cc2[N+](=O)[O-])CC1. The minimum Gasteiger partial charge on any atom is -0.378 e. The predicted octanol–water partition coefficient (Wildman–Crippen LogP) is 1.05. The number of nitro groups is 1. The van der Waals surface area contributed by atoms with Crippen LogP contribution in [-0.2, 0) is 0 Å². The van der Waals surface area contributed by atoms with Gasteiger partial charge in [0.15, 0.2) is 0 Å². The highest BCUT2D eigenvalue weighted by molar-refractivity contribution is 5.60. The van der Waals surface area contributed by atoms with E-state index >= 15 is 0 Å². The van der Waals surface area contributed by atoms with Gasteiger partial charge in [-0.3, -0.25) is 15.0 Å². The summed E-state index contributed by atoms with van der Waals surface area (Å²) in [6, 6.07) is 7.51. The Labute approximate surface area is 113 Å². The monoisotopic (exact) mass is 263 g/mol. The highest BCUT2D eigenvalue weighted by atomic mass is 16.6. The summed E-state index contributed by atoms with van der Waals surface area (Å²) in [6.07, 6.45) is 0. The molecule has 19 heavy (non-hydrogen) atoms. The van der Waals surface area contributed by atoms with Gasteiger partial charge < -0.3 is 10.2 Å². The minimum atomic E-state index is -0.380. The number of piperazine rings is 1. The predicted molar refractivity (Wildman–Crippen MR) is 74.4 cm³/mol. The Kier molecular flexibility index (Phi) is 4.70. The maximum atomic E-state index is 10.9. The van der Waals surface area contributed by atoms with Crippen molar-refractivity contribution in [3.8, 4) is 0 Å². The lowest BCUT2D eigenvalue weighted by molar-refractivity contribution is -0.384. The number of nitrogens with one attached hydrogen (secondary N) is 1. The third kappa shape index (κ3) is 3.90. The number of anilines is 1. The van der Waals surface area contributed by atoms with Gasteiger partial charge in [0.1, 0.15) is 5.69 Å². The summed E-state index contributed by atoms with van der Waals surface area (Å²) in [6.45, 7) is 5.91. The van der Waals surface area contributed by atoms with Crippen LogP contribution in [0.15, 0.2) is 18.2 Å². The van der Waals surface area contributed by atoms with Crippen molar-refractivity contribution in [2.45, 2.75) is 0 Å². The van der Waals surface area contributed by atoms with Crippen molar-refractivity contribution in [3.05, 3.63) is 34.4 Å². The number of likely N-dealkylation sites (N-methyl/N-ethyl adjacent to an activating group) is 1. The van der Waals surface area contributed by atoms with Gasteiger partial charge in [-0.15, -0.1) is 0 Å². The lowest BCUT2D eigenvalue weighted by Crippen LogP contribution is -2.45. The number of nitro benzene ring substituents is 1. The van der Waals surface area contributed by atoms with Crippen LogP contribution in [0.25, 0.3) is 0 Å². The summed E-state index contributed by atoms with van der Waals surface area (Å²) in [5.74, 6) is 0. The zero-order valence-electron chi connectivity index (χ0n) is 11.1. The van der Waals surface area contributed by atoms with Crippen molar-refractivity contribution in [2.24, 2.45) is 0 Å². The Balaban J connectivity index is 1.81. The van der Waals surface area contributed by atoms with Gasteiger partial charge in [-0.1, -0.05) is 6.07 Å². The quantitative estimate of drug-likeness (QED) is 0.635. The third-order valence-corrected chi connectivity index (χ3v) is 3.38. The van der Waals surface area contributed by atoms with Crippen LogP contribution in [-0.4, -0.2) is 61.0 Å². The molecular weight excluding hydrogens is 244 g/mol. The Morgan fingerprint density at radius 3 is 2.84 bits per heavy atom. The molecule has 1 aliphatic rings. The molecule has 1 N–H and O–H groups in total. The molecule has 0 saturated carbocycles. The second kappa shape index (κ2) is 6.49. The molecule has 0 unspecified atom stereocenters. The van der Waals surface area contributed by atoms with Crippen LogP contribution in [0.2, 0.25) is 0 Å². The topological polar surface area (TPSA) is 61.6 Å². The van der Waals surface area contributed by atoms with Crippen LogP contribution in [0.5, 0.6) is 0 Å². The van der Waals surface area contributed by atoms with Crippen molar-refractivity contribution in [3.63, 3.8) is 0 Å². The summed E-state index contributed by atoms with van der Waals surface area (Å²) >= 11 is 0. The van der Waals surface area contributed by atoms with E-state index in [1.54, 1.807) is 12.1 Å². The molecule has 1 aliphatic heterocycles. The summed E-state index contributed by atoms with van der Waals surface area (Å²) in [4.78, 5) is 15.1. The van der Waals surface area contributed by atoms with Gasteiger partial charge in [-0.2, -0.15) is 0 Å². The average Bonchev–Trinajstić information content (AvgIpc) is 2.41. The second-order valence-corrected chi connectivity index (χ2v) is 4.77. The molecular formula is C13H19N4O2. The van der Waals surface area contributed by atoms with E-state index in [1.807, 2.05) is 0 Å². The van der Waals surface area contributed by atoms with Gasteiger partial charge in [0.2, 0.25) is 0 Å². The lowest BCUT2D eigenvalue weighted by atomic mass is 10.2. The summed E-state index contributed by atoms with van der Waals surface area (Å²) in [7, 11) is 2.12. The zero-order valence-corrected chi connectivity index (χ0v) is 11.1. The van der Waals surface area contributed by atoms with Crippen molar-refractivity contribution in [2.75, 3.05) is 51.6 Å². The number of hydrogen-bond acceptors (Lipinski definition) is 5. The largest absolute Gasteiger partial charge is 0.378 e. The van der Waals surface area contributed by atoms with Gasteiger partial charge in [-0.05, 0) is 19.2 Å². The smallest absolute Gasteiger partial charge is 0.292 e. The lowest BCUT2D eigenvalue weighted by Gasteiger charge is -2.32. The standard InChI is InChI=1S/C13H19N4O2/c1-15-8-10-16(11-9-15)7-6-14-12-4-2-3-5-13(12)17(18)19/h2,4-5,14H,6-11H2,1H3. The number of benzene rings is 1. The first-order chi connectivity index (χ1) is 9.16. The first-order valence-electron chi connectivity index (χ1n) is 6.46. The molecule has 103 valence electrons. The van der Waals surface area contributed by atoms with Crippen LogP contribution in [0.1, 0.15) is 0 Å². The van der Waals surface area contributed by atoms with E-state index in [0.717, 1.165) is 32.7 Å². The summed E-state index contributed by atoms with van der Waals surface area (Å²) < 4.78 is 0. The Hall–Kier alpha value is -1.66. The summed E-state index contributed by atoms with van der Waals surface area (Å²) in [5, 5.41) is 14.0. The first kappa shape index (κ1) is 13.8. The van der Waals surface area contributed by atoms with E-state index < -0.39 is 0 Å². The molecule has 2 rings (SSSR count). The van der Waals surface area contributed by atoms with Gasteiger partial charge in [0.25, 0.3) is 5.69 Å². The molecule has 0 spiro atoms. The molecule has 6 nitrogen and oxygen atoms in total. The van der Waals surface area contributed by atoms with E-state index in [2.05, 4.69) is 28.2 Å². The average molecular weight is 263 g/mol. The number of nitrogens with zero attached hydrogens (tertiary/aromatic N) is 3. The zero-order chi connectivity index (χ0) is 13.7. The van der Waals surface area contributed by atoms with Crippen molar-refractivity contribution in [1.82, 2.24) is 9.80 Å². The molecule has 6 heteroatoms. The van der Waals surface area contributed by atoms with Crippen LogP contribution in [0.3, 0.4) is 0 Å². The highest BCUT2D eigenvalue weighted by Crippen LogP contribution is 2.22. The first-order valence-corrected chi connectivity index (χ1v) is 6.46. The van der Waals surface area contributed by atoms with Crippen LogP contribution in [0.4, 0.5) is 11.4 Å². The van der Waals surface area contributed by atoms with Crippen molar-refractivity contribution in [1.29, 1.82) is 0 Å². The molecule has 1 radical (unpaired) electrons. The number of rotatable bonds is 5. The van der Waals surface area contributed by atoms with Crippen molar-refractivity contribution < 1.29 is 4.92 Å². The van der Waals surface area contributed by atoms with E-state index in [4.69, 9.17) is 0 Å². The number of hydrogen-bond donors (Lipinski definition) is 1. The molecule has 1 aromatic rings. The molecule has 0 bridgehead atoms. The maximum absolute atomic E-state index is 10.9. The van der Waals surface area contributed by atoms with Crippen LogP contribution in [0, 0.1) is 16.2 Å². The fraction of sp³-hybridized carbons (Fsp3) is 0.538. The molecule has 0 amide bonds. The van der Waals surface area contributed by atoms with Gasteiger partial charge in [0.05, 0.1) is 4.92 Å².